The van der Waals surface area contributed by atoms with Crippen molar-refractivity contribution in [2.45, 2.75) is 19.4 Å². The molecule has 9 heteroatoms. The van der Waals surface area contributed by atoms with E-state index in [1.165, 1.54) is 12.1 Å². The number of nitro groups is 1. The van der Waals surface area contributed by atoms with Crippen molar-refractivity contribution in [2.75, 3.05) is 23.4 Å². The van der Waals surface area contributed by atoms with Crippen molar-refractivity contribution in [3.8, 4) is 0 Å². The van der Waals surface area contributed by atoms with E-state index < -0.39 is 14.8 Å². The molecule has 0 spiro atoms. The summed E-state index contributed by atoms with van der Waals surface area (Å²) in [6.07, 6.45) is 0.568. The lowest BCUT2D eigenvalue weighted by molar-refractivity contribution is -0.384. The van der Waals surface area contributed by atoms with Gasteiger partial charge in [-0.1, -0.05) is 0 Å². The van der Waals surface area contributed by atoms with Crippen LogP contribution in [0.2, 0.25) is 0 Å². The van der Waals surface area contributed by atoms with Gasteiger partial charge in [0.25, 0.3) is 5.69 Å². The molecule has 0 amide bonds. The smallest absolute Gasteiger partial charge is 0.269 e. The average molecular weight is 343 g/mol. The largest absolute Gasteiger partial charge is 0.345 e. The maximum absolute atomic E-state index is 11.6. The number of nitrogens with zero attached hydrogens (tertiary/aromatic N) is 2. The zero-order valence-electron chi connectivity index (χ0n) is 12.1. The molecule has 1 heterocycles. The van der Waals surface area contributed by atoms with E-state index >= 15 is 0 Å². The minimum Gasteiger partial charge on any atom is -0.345 e. The Balaban J connectivity index is 2.05. The van der Waals surface area contributed by atoms with Crippen LogP contribution in [0.15, 0.2) is 24.3 Å². The van der Waals surface area contributed by atoms with Crippen molar-refractivity contribution in [3.05, 3.63) is 34.4 Å². The second kappa shape index (κ2) is 6.57. The van der Waals surface area contributed by atoms with Crippen LogP contribution in [-0.2, 0) is 9.84 Å². The summed E-state index contributed by atoms with van der Waals surface area (Å²) in [5.41, 5.74) is 0.639. The number of benzene rings is 1. The Kier molecular flexibility index (Phi) is 4.97. The van der Waals surface area contributed by atoms with E-state index in [4.69, 9.17) is 12.2 Å². The molecule has 7 nitrogen and oxygen atoms in total. The summed E-state index contributed by atoms with van der Waals surface area (Å²) in [6, 6.07) is 5.81. The summed E-state index contributed by atoms with van der Waals surface area (Å²) in [4.78, 5) is 12.0. The number of nitro benzene ring substituents is 1. The van der Waals surface area contributed by atoms with Gasteiger partial charge in [0.1, 0.15) is 0 Å². The van der Waals surface area contributed by atoms with Crippen LogP contribution in [0.1, 0.15) is 13.3 Å². The van der Waals surface area contributed by atoms with Crippen LogP contribution in [0.25, 0.3) is 0 Å². The third kappa shape index (κ3) is 3.92. The maximum Gasteiger partial charge on any atom is 0.269 e. The minimum atomic E-state index is -2.98. The van der Waals surface area contributed by atoms with Crippen LogP contribution in [0, 0.1) is 10.1 Å². The molecule has 1 aromatic rings. The molecule has 1 fully saturated rings. The summed E-state index contributed by atoms with van der Waals surface area (Å²) in [5.74, 6) is 0.303. The van der Waals surface area contributed by atoms with Crippen LogP contribution >= 0.6 is 12.2 Å². The van der Waals surface area contributed by atoms with Crippen LogP contribution < -0.4 is 5.32 Å². The first-order valence-corrected chi connectivity index (χ1v) is 9.08. The Morgan fingerprint density at radius 2 is 2.09 bits per heavy atom. The number of thiocarbonyl (C=S) groups is 1. The molecule has 0 unspecified atom stereocenters. The summed E-state index contributed by atoms with van der Waals surface area (Å²) in [7, 11) is -2.98. The number of sulfone groups is 1. The first-order valence-electron chi connectivity index (χ1n) is 6.85. The number of nitrogens with one attached hydrogen (secondary N) is 1. The van der Waals surface area contributed by atoms with Crippen molar-refractivity contribution < 1.29 is 13.3 Å². The van der Waals surface area contributed by atoms with Crippen molar-refractivity contribution in [3.63, 3.8) is 0 Å². The predicted molar refractivity (Wildman–Crippen MR) is 88.8 cm³/mol. The number of hydrogen-bond acceptors (Lipinski definition) is 5. The van der Waals surface area contributed by atoms with E-state index in [1.807, 2.05) is 11.8 Å². The lowest BCUT2D eigenvalue weighted by Crippen LogP contribution is -2.43. The van der Waals surface area contributed by atoms with E-state index in [1.54, 1.807) is 12.1 Å². The summed E-state index contributed by atoms with van der Waals surface area (Å²) >= 11 is 5.34. The molecule has 2 rings (SSSR count). The van der Waals surface area contributed by atoms with E-state index in [9.17, 15) is 18.5 Å². The summed E-state index contributed by atoms with van der Waals surface area (Å²) < 4.78 is 23.2. The fraction of sp³-hybridized carbons (Fsp3) is 0.462. The topological polar surface area (TPSA) is 92.5 Å². The number of rotatable bonds is 4. The Labute approximate surface area is 134 Å². The predicted octanol–water partition coefficient (Wildman–Crippen LogP) is 1.80. The molecule has 1 aromatic carbocycles. The van der Waals surface area contributed by atoms with Crippen LogP contribution in [-0.4, -0.2) is 47.4 Å². The molecule has 0 bridgehead atoms. The third-order valence-electron chi connectivity index (χ3n) is 3.58. The van der Waals surface area contributed by atoms with Crippen LogP contribution in [0.5, 0.6) is 0 Å². The number of non-ortho nitro benzene ring substituents is 1. The quantitative estimate of drug-likeness (QED) is 0.506. The molecule has 0 saturated carbocycles. The molecule has 1 aliphatic heterocycles. The highest BCUT2D eigenvalue weighted by Gasteiger charge is 2.32. The second-order valence-corrected chi connectivity index (χ2v) is 7.69. The highest BCUT2D eigenvalue weighted by molar-refractivity contribution is 7.91. The van der Waals surface area contributed by atoms with E-state index in [0.29, 0.717) is 23.8 Å². The summed E-state index contributed by atoms with van der Waals surface area (Å²) in [5, 5.41) is 14.1. The first kappa shape index (κ1) is 16.6. The van der Waals surface area contributed by atoms with Crippen LogP contribution in [0.3, 0.4) is 0 Å². The average Bonchev–Trinajstić information content (AvgIpc) is 2.80. The monoisotopic (exact) mass is 343 g/mol. The van der Waals surface area contributed by atoms with E-state index in [-0.39, 0.29) is 23.2 Å². The Hall–Kier alpha value is -1.74. The molecule has 22 heavy (non-hydrogen) atoms. The lowest BCUT2D eigenvalue weighted by Gasteiger charge is -2.29. The molecule has 120 valence electrons. The van der Waals surface area contributed by atoms with Gasteiger partial charge in [-0.15, -0.1) is 0 Å². The normalized spacial score (nSPS) is 19.6. The summed E-state index contributed by atoms with van der Waals surface area (Å²) in [6.45, 7) is 2.51. The standard InChI is InChI=1S/C13H17N3O4S2/c1-2-15(12-7-8-22(19,20)9-12)13(21)14-10-3-5-11(6-4-10)16(17)18/h3-6,12H,2,7-9H2,1H3,(H,14,21)/t12-/m1/s1. The van der Waals surface area contributed by atoms with Gasteiger partial charge in [-0.3, -0.25) is 10.1 Å². The molecule has 0 radical (unpaired) electrons. The van der Waals surface area contributed by atoms with Crippen molar-refractivity contribution in [2.24, 2.45) is 0 Å². The Bertz CT molecular complexity index is 673. The molecule has 0 aliphatic carbocycles. The van der Waals surface area contributed by atoms with Gasteiger partial charge in [-0.25, -0.2) is 8.42 Å². The van der Waals surface area contributed by atoms with Gasteiger partial charge in [0.15, 0.2) is 14.9 Å². The van der Waals surface area contributed by atoms with Gasteiger partial charge < -0.3 is 10.2 Å². The maximum atomic E-state index is 11.6. The third-order valence-corrected chi connectivity index (χ3v) is 5.67. The van der Waals surface area contributed by atoms with Gasteiger partial charge in [-0.05, 0) is 37.7 Å². The van der Waals surface area contributed by atoms with Gasteiger partial charge >= 0.3 is 0 Å². The SMILES string of the molecule is CCN(C(=S)Nc1ccc([N+](=O)[O-])cc1)[C@@H]1CCS(=O)(=O)C1. The fourth-order valence-electron chi connectivity index (χ4n) is 2.45. The molecular weight excluding hydrogens is 326 g/mol. The second-order valence-electron chi connectivity index (χ2n) is 5.08. The van der Waals surface area contributed by atoms with Crippen LogP contribution in [0.4, 0.5) is 11.4 Å². The first-order chi connectivity index (χ1) is 10.3. The van der Waals surface area contributed by atoms with Gasteiger partial charge in [0.2, 0.25) is 0 Å². The molecule has 1 saturated heterocycles. The zero-order valence-corrected chi connectivity index (χ0v) is 13.7. The van der Waals surface area contributed by atoms with Gasteiger partial charge in [0, 0.05) is 30.4 Å². The number of hydrogen-bond donors (Lipinski definition) is 1. The fourth-order valence-corrected chi connectivity index (χ4v) is 4.58. The number of anilines is 1. The van der Waals surface area contributed by atoms with Gasteiger partial charge in [-0.2, -0.15) is 0 Å². The Morgan fingerprint density at radius 1 is 1.45 bits per heavy atom. The Morgan fingerprint density at radius 3 is 2.55 bits per heavy atom. The highest BCUT2D eigenvalue weighted by Crippen LogP contribution is 2.20. The molecular formula is C13H17N3O4S2. The van der Waals surface area contributed by atoms with E-state index in [2.05, 4.69) is 5.32 Å². The van der Waals surface area contributed by atoms with Gasteiger partial charge in [0.05, 0.1) is 16.4 Å². The highest BCUT2D eigenvalue weighted by atomic mass is 32.2. The molecule has 1 atom stereocenters. The molecule has 0 aromatic heterocycles. The molecule has 1 N–H and O–H groups in total. The van der Waals surface area contributed by atoms with Crippen molar-refractivity contribution in [1.29, 1.82) is 0 Å². The van der Waals surface area contributed by atoms with Crippen molar-refractivity contribution in [1.82, 2.24) is 4.90 Å². The lowest BCUT2D eigenvalue weighted by atomic mass is 10.2. The van der Waals surface area contributed by atoms with Crippen molar-refractivity contribution >= 4 is 38.5 Å². The zero-order chi connectivity index (χ0) is 16.3. The molecule has 1 aliphatic rings. The van der Waals surface area contributed by atoms with E-state index in [0.717, 1.165) is 0 Å². The minimum absolute atomic E-state index is 0.00528.